The van der Waals surface area contributed by atoms with Gasteiger partial charge in [0.25, 0.3) is 0 Å². The van der Waals surface area contributed by atoms with E-state index in [0.29, 0.717) is 24.7 Å². The number of nitrogens with zero attached hydrogens (tertiary/aromatic N) is 4. The van der Waals surface area contributed by atoms with Crippen LogP contribution in [0.15, 0.2) is 48.1 Å². The molecular formula is C17H20FIN6S. The molecule has 9 heteroatoms. The van der Waals surface area contributed by atoms with Gasteiger partial charge in [-0.3, -0.25) is 4.99 Å². The molecule has 26 heavy (non-hydrogen) atoms. The molecule has 0 amide bonds. The van der Waals surface area contributed by atoms with Gasteiger partial charge in [0.05, 0.1) is 18.6 Å². The fourth-order valence-electron chi connectivity index (χ4n) is 2.32. The van der Waals surface area contributed by atoms with Crippen molar-refractivity contribution < 1.29 is 4.39 Å². The van der Waals surface area contributed by atoms with Crippen molar-refractivity contribution >= 4 is 41.3 Å². The second-order valence-corrected chi connectivity index (χ2v) is 6.72. The SMILES string of the molecule is CN=C(NCc1ccc(-n2ccnc2)c(F)c1)NCc1ncc(C)s1.I. The Kier molecular flexibility index (Phi) is 7.51. The zero-order valence-electron chi connectivity index (χ0n) is 14.4. The Hall–Kier alpha value is -2.01. The topological polar surface area (TPSA) is 67.1 Å². The number of hydrogen-bond donors (Lipinski definition) is 2. The molecule has 1 aromatic carbocycles. The van der Waals surface area contributed by atoms with Crippen LogP contribution < -0.4 is 10.6 Å². The van der Waals surface area contributed by atoms with Crippen molar-refractivity contribution in [1.29, 1.82) is 0 Å². The van der Waals surface area contributed by atoms with Gasteiger partial charge >= 0.3 is 0 Å². The maximum atomic E-state index is 14.3. The first kappa shape index (κ1) is 20.3. The summed E-state index contributed by atoms with van der Waals surface area (Å²) in [6, 6.07) is 5.13. The third-order valence-corrected chi connectivity index (χ3v) is 4.47. The average molecular weight is 486 g/mol. The second-order valence-electron chi connectivity index (χ2n) is 5.40. The first-order valence-electron chi connectivity index (χ1n) is 7.78. The van der Waals surface area contributed by atoms with Crippen LogP contribution in [-0.2, 0) is 13.1 Å². The zero-order chi connectivity index (χ0) is 17.6. The van der Waals surface area contributed by atoms with Gasteiger partial charge in [0.1, 0.15) is 10.8 Å². The van der Waals surface area contributed by atoms with Crippen molar-refractivity contribution in [1.82, 2.24) is 25.2 Å². The van der Waals surface area contributed by atoms with E-state index >= 15 is 0 Å². The highest BCUT2D eigenvalue weighted by Crippen LogP contribution is 2.15. The number of aromatic nitrogens is 3. The van der Waals surface area contributed by atoms with Gasteiger partial charge in [-0.05, 0) is 24.6 Å². The van der Waals surface area contributed by atoms with E-state index in [4.69, 9.17) is 0 Å². The van der Waals surface area contributed by atoms with E-state index in [0.717, 1.165) is 10.6 Å². The van der Waals surface area contributed by atoms with E-state index in [1.807, 2.05) is 19.2 Å². The highest BCUT2D eigenvalue weighted by molar-refractivity contribution is 14.0. The summed E-state index contributed by atoms with van der Waals surface area (Å²) in [5.74, 6) is 0.352. The first-order valence-corrected chi connectivity index (χ1v) is 8.60. The lowest BCUT2D eigenvalue weighted by Crippen LogP contribution is -2.36. The van der Waals surface area contributed by atoms with Gasteiger partial charge < -0.3 is 15.2 Å². The molecule has 0 aliphatic heterocycles. The fraction of sp³-hybridized carbons (Fsp3) is 0.235. The van der Waals surface area contributed by atoms with E-state index in [1.54, 1.807) is 47.7 Å². The number of thiazole rings is 1. The van der Waals surface area contributed by atoms with Crippen LogP contribution in [0, 0.1) is 12.7 Å². The summed E-state index contributed by atoms with van der Waals surface area (Å²) < 4.78 is 15.9. The molecule has 3 rings (SSSR count). The lowest BCUT2D eigenvalue weighted by Gasteiger charge is -2.12. The number of halogens is 2. The van der Waals surface area contributed by atoms with E-state index in [2.05, 4.69) is 25.6 Å². The van der Waals surface area contributed by atoms with Crippen molar-refractivity contribution in [2.45, 2.75) is 20.0 Å². The molecule has 0 radical (unpaired) electrons. The van der Waals surface area contributed by atoms with Crippen molar-refractivity contribution in [3.63, 3.8) is 0 Å². The molecule has 0 aliphatic carbocycles. The molecule has 0 bridgehead atoms. The Balaban J connectivity index is 0.00000243. The molecule has 0 spiro atoms. The maximum Gasteiger partial charge on any atom is 0.191 e. The fourth-order valence-corrected chi connectivity index (χ4v) is 3.05. The third-order valence-electron chi connectivity index (χ3n) is 3.55. The lowest BCUT2D eigenvalue weighted by atomic mass is 10.2. The van der Waals surface area contributed by atoms with Crippen LogP contribution >= 0.6 is 35.3 Å². The molecule has 0 aliphatic rings. The standard InChI is InChI=1S/C17H19FN6S.HI/c1-12-8-21-16(25-12)10-23-17(19-2)22-9-13-3-4-15(14(18)7-13)24-6-5-20-11-24;/h3-8,11H,9-10H2,1-2H3,(H2,19,22,23);1H. The smallest absolute Gasteiger partial charge is 0.191 e. The first-order chi connectivity index (χ1) is 12.2. The minimum Gasteiger partial charge on any atom is -0.352 e. The van der Waals surface area contributed by atoms with Gasteiger partial charge in [0.15, 0.2) is 5.96 Å². The normalized spacial score (nSPS) is 11.1. The Labute approximate surface area is 172 Å². The van der Waals surface area contributed by atoms with Gasteiger partial charge in [-0.1, -0.05) is 6.07 Å². The van der Waals surface area contributed by atoms with Crippen molar-refractivity contribution in [3.8, 4) is 5.69 Å². The van der Waals surface area contributed by atoms with E-state index in [9.17, 15) is 4.39 Å². The minimum atomic E-state index is -0.293. The Bertz CT molecular complexity index is 862. The zero-order valence-corrected chi connectivity index (χ0v) is 17.6. The third kappa shape index (κ3) is 5.24. The molecule has 2 N–H and O–H groups in total. The highest BCUT2D eigenvalue weighted by Gasteiger charge is 2.06. The number of guanidine groups is 1. The molecule has 138 valence electrons. The van der Waals surface area contributed by atoms with Gasteiger partial charge in [-0.15, -0.1) is 35.3 Å². The number of hydrogen-bond acceptors (Lipinski definition) is 4. The molecule has 6 nitrogen and oxygen atoms in total. The van der Waals surface area contributed by atoms with Gasteiger partial charge in [0, 0.05) is 37.1 Å². The molecule has 0 saturated carbocycles. The van der Waals surface area contributed by atoms with E-state index in [1.165, 1.54) is 10.9 Å². The van der Waals surface area contributed by atoms with Gasteiger partial charge in [-0.2, -0.15) is 0 Å². The van der Waals surface area contributed by atoms with Crippen LogP contribution in [0.4, 0.5) is 4.39 Å². The van der Waals surface area contributed by atoms with Crippen molar-refractivity contribution in [3.05, 3.63) is 64.4 Å². The summed E-state index contributed by atoms with van der Waals surface area (Å²) in [4.78, 5) is 13.6. The molecule has 0 fully saturated rings. The number of aryl methyl sites for hydroxylation is 1. The summed E-state index contributed by atoms with van der Waals surface area (Å²) in [5.41, 5.74) is 1.30. The number of nitrogens with one attached hydrogen (secondary N) is 2. The van der Waals surface area contributed by atoms with Crippen LogP contribution in [0.1, 0.15) is 15.4 Å². The highest BCUT2D eigenvalue weighted by atomic mass is 127. The maximum absolute atomic E-state index is 14.3. The Morgan fingerprint density at radius 1 is 1.31 bits per heavy atom. The molecule has 3 aromatic rings. The molecule has 0 saturated heterocycles. The summed E-state index contributed by atoms with van der Waals surface area (Å²) in [6.07, 6.45) is 6.75. The van der Waals surface area contributed by atoms with Crippen LogP contribution in [0.2, 0.25) is 0 Å². The quantitative estimate of drug-likeness (QED) is 0.330. The van der Waals surface area contributed by atoms with Crippen LogP contribution in [0.5, 0.6) is 0 Å². The summed E-state index contributed by atoms with van der Waals surface area (Å²) >= 11 is 1.64. The monoisotopic (exact) mass is 486 g/mol. The van der Waals surface area contributed by atoms with Crippen LogP contribution in [0.25, 0.3) is 5.69 Å². The second kappa shape index (κ2) is 9.62. The molecule has 0 atom stereocenters. The summed E-state index contributed by atoms with van der Waals surface area (Å²) in [7, 11) is 1.70. The molecule has 0 unspecified atom stereocenters. The minimum absolute atomic E-state index is 0. The van der Waals surface area contributed by atoms with Crippen LogP contribution in [0.3, 0.4) is 0 Å². The summed E-state index contributed by atoms with van der Waals surface area (Å²) in [6.45, 7) is 3.10. The van der Waals surface area contributed by atoms with Gasteiger partial charge in [0.2, 0.25) is 0 Å². The van der Waals surface area contributed by atoms with E-state index in [-0.39, 0.29) is 29.8 Å². The average Bonchev–Trinajstić information content (AvgIpc) is 3.27. The number of benzene rings is 1. The predicted molar refractivity (Wildman–Crippen MR) is 113 cm³/mol. The Morgan fingerprint density at radius 2 is 2.12 bits per heavy atom. The number of aliphatic imine (C=N–C) groups is 1. The van der Waals surface area contributed by atoms with Crippen molar-refractivity contribution in [2.75, 3.05) is 7.05 Å². The van der Waals surface area contributed by atoms with Crippen molar-refractivity contribution in [2.24, 2.45) is 4.99 Å². The predicted octanol–water partition coefficient (Wildman–Crippen LogP) is 3.26. The largest absolute Gasteiger partial charge is 0.352 e. The number of rotatable bonds is 5. The van der Waals surface area contributed by atoms with Crippen LogP contribution in [-0.4, -0.2) is 27.5 Å². The lowest BCUT2D eigenvalue weighted by molar-refractivity contribution is 0.615. The summed E-state index contributed by atoms with van der Waals surface area (Å²) in [5, 5.41) is 7.37. The molecular weight excluding hydrogens is 466 g/mol. The molecule has 2 heterocycles. The Morgan fingerprint density at radius 3 is 2.73 bits per heavy atom. The van der Waals surface area contributed by atoms with E-state index < -0.39 is 0 Å². The molecule has 2 aromatic heterocycles. The number of imidazole rings is 1. The van der Waals surface area contributed by atoms with Gasteiger partial charge in [-0.25, -0.2) is 14.4 Å².